The highest BCUT2D eigenvalue weighted by Gasteiger charge is 2.17. The number of aryl methyl sites for hydroxylation is 4. The van der Waals surface area contributed by atoms with Crippen molar-refractivity contribution in [3.05, 3.63) is 81.8 Å². The van der Waals surface area contributed by atoms with Crippen LogP contribution in [0.1, 0.15) is 52.2 Å². The molecule has 0 saturated carbocycles. The lowest BCUT2D eigenvalue weighted by molar-refractivity contribution is 0.350. The van der Waals surface area contributed by atoms with E-state index in [-0.39, 0.29) is 0 Å². The third kappa shape index (κ3) is 10.3. The molecule has 0 aliphatic carbocycles. The van der Waals surface area contributed by atoms with Gasteiger partial charge in [0, 0.05) is 81.9 Å². The van der Waals surface area contributed by atoms with Gasteiger partial charge in [-0.2, -0.15) is 29.9 Å². The maximum atomic E-state index is 6.48. The van der Waals surface area contributed by atoms with Gasteiger partial charge >= 0.3 is 0 Å². The molecule has 10 N–H and O–H groups in total. The van der Waals surface area contributed by atoms with Gasteiger partial charge in [0.2, 0.25) is 17.8 Å². The van der Waals surface area contributed by atoms with Crippen molar-refractivity contribution in [2.75, 3.05) is 105 Å². The van der Waals surface area contributed by atoms with Gasteiger partial charge in [-0.25, -0.2) is 15.0 Å². The summed E-state index contributed by atoms with van der Waals surface area (Å²) in [5.74, 6) is 3.34. The number of fused-ring (bicyclic) bond motifs is 3. The van der Waals surface area contributed by atoms with Crippen LogP contribution in [0.2, 0.25) is 0 Å². The number of pyridine rings is 3. The van der Waals surface area contributed by atoms with E-state index in [1.165, 1.54) is 0 Å². The average Bonchev–Trinajstić information content (AvgIpc) is 3.24. The molecular weight excluding hydrogens is 805 g/mol. The van der Waals surface area contributed by atoms with Crippen molar-refractivity contribution in [1.82, 2.24) is 55.1 Å². The molecule has 0 radical (unpaired) electrons. The minimum absolute atomic E-state index is 0.406. The summed E-state index contributed by atoms with van der Waals surface area (Å²) in [4.78, 5) is 46.5. The molecular formula is C46H60N18. The van der Waals surface area contributed by atoms with Gasteiger partial charge < -0.3 is 48.3 Å². The molecule has 0 spiro atoms. The van der Waals surface area contributed by atoms with E-state index in [0.29, 0.717) is 77.7 Å². The number of nitrogens with one attached hydrogen (secondary N) is 4. The highest BCUT2D eigenvalue weighted by molar-refractivity contribution is 5.91. The van der Waals surface area contributed by atoms with Crippen molar-refractivity contribution in [1.29, 1.82) is 0 Å². The van der Waals surface area contributed by atoms with Crippen molar-refractivity contribution in [2.45, 2.75) is 53.4 Å². The van der Waals surface area contributed by atoms with Gasteiger partial charge in [-0.05, 0) is 119 Å². The van der Waals surface area contributed by atoms with Crippen LogP contribution in [0, 0.1) is 33.6 Å². The fourth-order valence-corrected chi connectivity index (χ4v) is 8.44. The number of rotatable bonds is 17. The Kier molecular flexibility index (Phi) is 13.2. The third-order valence-corrected chi connectivity index (χ3v) is 11.9. The van der Waals surface area contributed by atoms with Crippen LogP contribution >= 0.6 is 0 Å². The largest absolute Gasteiger partial charge is 0.383 e. The lowest BCUT2D eigenvalue weighted by atomic mass is 9.98. The number of likely N-dealkylation sites (N-methyl/N-ethyl adjacent to an activating group) is 2. The summed E-state index contributed by atoms with van der Waals surface area (Å²) in [6.07, 6.45) is 3.68. The number of nitrogens with two attached hydrogens (primary N) is 3. The lowest BCUT2D eigenvalue weighted by Crippen LogP contribution is -2.31. The van der Waals surface area contributed by atoms with Crippen LogP contribution in [0.5, 0.6) is 0 Å². The highest BCUT2D eigenvalue weighted by Crippen LogP contribution is 2.27. The first-order valence-corrected chi connectivity index (χ1v) is 22.1. The van der Waals surface area contributed by atoms with Gasteiger partial charge in [0.1, 0.15) is 17.5 Å². The van der Waals surface area contributed by atoms with Crippen LogP contribution in [0.4, 0.5) is 41.0 Å². The minimum Gasteiger partial charge on any atom is -0.383 e. The van der Waals surface area contributed by atoms with Gasteiger partial charge in [0.05, 0.1) is 16.2 Å². The SMILES string of the molecule is Cc1cc(C)c2c(N)nc(NCCN(C)c3ccc(Cc4cc(C)c5c(N)nc(NCCN(C)CCc6cc(C)c7c(N)nc(NCC8CCNCC8)nc7n6)nc5n4)cc3)nc2n1. The average molecular weight is 865 g/mol. The predicted octanol–water partition coefficient (Wildman–Crippen LogP) is 4.82. The van der Waals surface area contributed by atoms with Crippen LogP contribution in [0.25, 0.3) is 33.1 Å². The maximum Gasteiger partial charge on any atom is 0.226 e. The maximum absolute atomic E-state index is 6.48. The fraction of sp³-hybridized carbons (Fsp3) is 0.413. The smallest absolute Gasteiger partial charge is 0.226 e. The summed E-state index contributed by atoms with van der Waals surface area (Å²) in [5.41, 5.74) is 29.0. The molecule has 0 unspecified atom stereocenters. The third-order valence-electron chi connectivity index (χ3n) is 11.9. The zero-order chi connectivity index (χ0) is 44.9. The lowest BCUT2D eigenvalue weighted by Gasteiger charge is -2.22. The van der Waals surface area contributed by atoms with Crippen molar-refractivity contribution < 1.29 is 0 Å². The second-order valence-corrected chi connectivity index (χ2v) is 17.1. The Labute approximate surface area is 373 Å². The van der Waals surface area contributed by atoms with Gasteiger partial charge in [-0.1, -0.05) is 12.1 Å². The Morgan fingerprint density at radius 3 is 1.72 bits per heavy atom. The number of aromatic nitrogens is 9. The molecule has 6 aromatic heterocycles. The molecule has 334 valence electrons. The molecule has 1 aliphatic rings. The Morgan fingerprint density at radius 2 is 1.11 bits per heavy atom. The first kappa shape index (κ1) is 43.8. The topological polar surface area (TPSA) is 249 Å². The predicted molar refractivity (Wildman–Crippen MR) is 259 cm³/mol. The number of hydrogen-bond donors (Lipinski definition) is 7. The van der Waals surface area contributed by atoms with Crippen molar-refractivity contribution in [3.63, 3.8) is 0 Å². The van der Waals surface area contributed by atoms with E-state index >= 15 is 0 Å². The zero-order valence-corrected chi connectivity index (χ0v) is 37.8. The second kappa shape index (κ2) is 19.3. The summed E-state index contributed by atoms with van der Waals surface area (Å²) in [7, 11) is 4.15. The molecule has 0 bridgehead atoms. The number of piperidine rings is 1. The zero-order valence-electron chi connectivity index (χ0n) is 37.8. The van der Waals surface area contributed by atoms with Crippen molar-refractivity contribution >= 4 is 74.1 Å². The second-order valence-electron chi connectivity index (χ2n) is 17.1. The van der Waals surface area contributed by atoms with Gasteiger partial charge in [-0.15, -0.1) is 0 Å². The summed E-state index contributed by atoms with van der Waals surface area (Å²) in [6.45, 7) is 14.5. The molecule has 1 fully saturated rings. The summed E-state index contributed by atoms with van der Waals surface area (Å²) in [5, 5.41) is 15.9. The number of nitrogen functional groups attached to an aromatic ring is 3. The van der Waals surface area contributed by atoms with Gasteiger partial charge in [0.25, 0.3) is 0 Å². The number of hydrogen-bond acceptors (Lipinski definition) is 18. The molecule has 7 aromatic rings. The van der Waals surface area contributed by atoms with Crippen LogP contribution in [-0.2, 0) is 12.8 Å². The summed E-state index contributed by atoms with van der Waals surface area (Å²) in [6, 6.07) is 14.6. The van der Waals surface area contributed by atoms with Crippen molar-refractivity contribution in [2.24, 2.45) is 5.92 Å². The molecule has 7 heterocycles. The van der Waals surface area contributed by atoms with Gasteiger partial charge in [0.15, 0.2) is 16.9 Å². The van der Waals surface area contributed by atoms with Gasteiger partial charge in [-0.3, -0.25) is 0 Å². The van der Waals surface area contributed by atoms with Crippen LogP contribution in [0.3, 0.4) is 0 Å². The van der Waals surface area contributed by atoms with Crippen LogP contribution in [-0.4, -0.2) is 116 Å². The Balaban J connectivity index is 0.829. The molecule has 1 saturated heterocycles. The van der Waals surface area contributed by atoms with Crippen molar-refractivity contribution in [3.8, 4) is 0 Å². The molecule has 1 aromatic carbocycles. The van der Waals surface area contributed by atoms with Crippen LogP contribution in [0.15, 0.2) is 42.5 Å². The molecule has 0 atom stereocenters. The molecule has 18 nitrogen and oxygen atoms in total. The fourth-order valence-electron chi connectivity index (χ4n) is 8.44. The van der Waals surface area contributed by atoms with Crippen LogP contribution < -0.4 is 43.4 Å². The quantitative estimate of drug-likeness (QED) is 0.0648. The Bertz CT molecular complexity index is 2770. The Hall–Kier alpha value is -6.79. The van der Waals surface area contributed by atoms with E-state index in [1.807, 2.05) is 33.8 Å². The standard InChI is InChI=1S/C46H60N18/c1-26-21-29(4)54-41-35(26)38(47)57-45(60-41)52-17-20-64(6)34-9-7-30(8-10-34)24-33-23-28(3)37-39(48)58-44(61-43(37)56-33)51-16-19-63(5)18-13-32-22-27(2)36-40(49)59-46(62-42(36)55-32)53-25-31-11-14-50-15-12-31/h7-10,21-23,31,50H,11-20,24-25H2,1-6H3,(H3,47,52,54,57,60)(H3,48,51,56,58,61)(H3,49,53,55,59,62). The highest BCUT2D eigenvalue weighted by atomic mass is 15.2. The number of benzene rings is 1. The van der Waals surface area contributed by atoms with E-state index < -0.39 is 0 Å². The Morgan fingerprint density at radius 1 is 0.594 bits per heavy atom. The molecule has 0 amide bonds. The van der Waals surface area contributed by atoms with E-state index in [0.717, 1.165) is 120 Å². The van der Waals surface area contributed by atoms with E-state index in [1.54, 1.807) is 0 Å². The minimum atomic E-state index is 0.406. The molecule has 1 aliphatic heterocycles. The molecule has 18 heteroatoms. The normalized spacial score (nSPS) is 13.3. The van der Waals surface area contributed by atoms with E-state index in [4.69, 9.17) is 37.1 Å². The molecule has 8 rings (SSSR count). The first-order valence-electron chi connectivity index (χ1n) is 22.1. The molecule has 64 heavy (non-hydrogen) atoms. The summed E-state index contributed by atoms with van der Waals surface area (Å²) >= 11 is 0. The number of nitrogens with zero attached hydrogens (tertiary/aromatic N) is 11. The van der Waals surface area contributed by atoms with E-state index in [9.17, 15) is 0 Å². The summed E-state index contributed by atoms with van der Waals surface area (Å²) < 4.78 is 0. The monoisotopic (exact) mass is 865 g/mol. The van der Waals surface area contributed by atoms with E-state index in [2.05, 4.69) is 106 Å². The first-order chi connectivity index (χ1) is 30.9. The number of anilines is 7.